The van der Waals surface area contributed by atoms with E-state index in [9.17, 15) is 18.0 Å². The van der Waals surface area contributed by atoms with Crippen molar-refractivity contribution >= 4 is 22.1 Å². The lowest BCUT2D eigenvalue weighted by Crippen LogP contribution is -2.36. The molecular formula is C14H26O7S. The molecule has 22 heavy (non-hydrogen) atoms. The highest BCUT2D eigenvalue weighted by Crippen LogP contribution is 2.17. The largest absolute Gasteiger partial charge is 0.465 e. The van der Waals surface area contributed by atoms with E-state index in [4.69, 9.17) is 14.0 Å². The van der Waals surface area contributed by atoms with Crippen LogP contribution >= 0.6 is 0 Å². The molecular weight excluding hydrogens is 312 g/mol. The monoisotopic (exact) mass is 338 g/mol. The Labute approximate surface area is 132 Å². The molecule has 0 bridgehead atoms. The van der Waals surface area contributed by atoms with Gasteiger partial charge in [0.15, 0.2) is 5.25 Å². The van der Waals surface area contributed by atoms with E-state index in [1.54, 1.807) is 20.8 Å². The van der Waals surface area contributed by atoms with Gasteiger partial charge in [0, 0.05) is 0 Å². The summed E-state index contributed by atoms with van der Waals surface area (Å²) in [6.45, 7) is 10.9. The number of carbonyl (C=O) groups is 2. The highest BCUT2D eigenvalue weighted by Gasteiger charge is 2.36. The molecule has 1 N–H and O–H groups in total. The summed E-state index contributed by atoms with van der Waals surface area (Å²) >= 11 is 0. The summed E-state index contributed by atoms with van der Waals surface area (Å²) in [5, 5.41) is -1.97. The Bertz CT molecular complexity index is 494. The van der Waals surface area contributed by atoms with Gasteiger partial charge in [-0.3, -0.25) is 14.1 Å². The van der Waals surface area contributed by atoms with Crippen molar-refractivity contribution in [3.05, 3.63) is 0 Å². The zero-order chi connectivity index (χ0) is 17.8. The van der Waals surface area contributed by atoms with E-state index in [1.807, 2.05) is 20.8 Å². The Hall–Kier alpha value is -1.15. The van der Waals surface area contributed by atoms with Gasteiger partial charge in [-0.25, -0.2) is 0 Å². The van der Waals surface area contributed by atoms with Gasteiger partial charge < -0.3 is 9.47 Å². The predicted octanol–water partition coefficient (Wildman–Crippen LogP) is 1.81. The van der Waals surface area contributed by atoms with E-state index in [2.05, 4.69) is 0 Å². The zero-order valence-electron chi connectivity index (χ0n) is 14.0. The van der Waals surface area contributed by atoms with Crippen LogP contribution in [0.15, 0.2) is 0 Å². The number of carbonyl (C=O) groups excluding carboxylic acids is 2. The highest BCUT2D eigenvalue weighted by molar-refractivity contribution is 7.87. The van der Waals surface area contributed by atoms with Gasteiger partial charge in [-0.05, 0) is 10.8 Å². The van der Waals surface area contributed by atoms with E-state index >= 15 is 0 Å². The van der Waals surface area contributed by atoms with Gasteiger partial charge in [0.25, 0.3) is 10.1 Å². The lowest BCUT2D eigenvalue weighted by atomic mass is 9.98. The zero-order valence-corrected chi connectivity index (χ0v) is 14.8. The van der Waals surface area contributed by atoms with E-state index in [0.717, 1.165) is 0 Å². The maximum atomic E-state index is 11.8. The van der Waals surface area contributed by atoms with Crippen LogP contribution in [-0.4, -0.2) is 43.4 Å². The lowest BCUT2D eigenvalue weighted by Gasteiger charge is -2.21. The van der Waals surface area contributed by atoms with Crippen LogP contribution in [0.5, 0.6) is 0 Å². The first-order chi connectivity index (χ1) is 9.62. The minimum absolute atomic E-state index is 0.0328. The number of hydrogen-bond acceptors (Lipinski definition) is 6. The van der Waals surface area contributed by atoms with Crippen LogP contribution in [-0.2, 0) is 29.2 Å². The molecule has 0 aliphatic heterocycles. The van der Waals surface area contributed by atoms with Crippen molar-refractivity contribution in [1.29, 1.82) is 0 Å². The van der Waals surface area contributed by atoms with Gasteiger partial charge in [-0.2, -0.15) is 8.42 Å². The Morgan fingerprint density at radius 3 is 1.73 bits per heavy atom. The molecule has 0 radical (unpaired) electrons. The van der Waals surface area contributed by atoms with Crippen LogP contribution < -0.4 is 0 Å². The first kappa shape index (κ1) is 20.9. The molecule has 1 atom stereocenters. The second-order valence-electron chi connectivity index (χ2n) is 7.60. The standard InChI is InChI=1S/C14H26O7S/c1-13(2,3)8-20-11(15)7-10(22(17,18)19)12(16)21-9-14(4,5)6/h10H,7-9H2,1-6H3,(H,17,18,19). The molecule has 0 saturated carbocycles. The molecule has 0 aromatic heterocycles. The molecule has 0 aromatic rings. The van der Waals surface area contributed by atoms with Crippen LogP contribution in [0.2, 0.25) is 0 Å². The Balaban J connectivity index is 4.81. The van der Waals surface area contributed by atoms with Crippen LogP contribution in [0.4, 0.5) is 0 Å². The molecule has 130 valence electrons. The maximum Gasteiger partial charge on any atom is 0.327 e. The summed E-state index contributed by atoms with van der Waals surface area (Å²) in [6.07, 6.45) is -0.780. The smallest absolute Gasteiger partial charge is 0.327 e. The Morgan fingerprint density at radius 2 is 1.36 bits per heavy atom. The van der Waals surface area contributed by atoms with Crippen LogP contribution in [0.25, 0.3) is 0 Å². The van der Waals surface area contributed by atoms with Crippen molar-refractivity contribution < 1.29 is 32.0 Å². The van der Waals surface area contributed by atoms with Crippen molar-refractivity contribution in [3.8, 4) is 0 Å². The summed E-state index contributed by atoms with van der Waals surface area (Å²) in [5.41, 5.74) is -0.665. The van der Waals surface area contributed by atoms with Crippen molar-refractivity contribution in [3.63, 3.8) is 0 Å². The highest BCUT2D eigenvalue weighted by atomic mass is 32.2. The van der Waals surface area contributed by atoms with E-state index in [-0.39, 0.29) is 24.0 Å². The molecule has 0 amide bonds. The van der Waals surface area contributed by atoms with Gasteiger partial charge in [0.05, 0.1) is 19.6 Å². The second kappa shape index (κ2) is 7.41. The van der Waals surface area contributed by atoms with Crippen molar-refractivity contribution in [2.24, 2.45) is 10.8 Å². The third-order valence-corrected chi connectivity index (χ3v) is 3.37. The molecule has 0 aromatic carbocycles. The van der Waals surface area contributed by atoms with Crippen molar-refractivity contribution in [2.75, 3.05) is 13.2 Å². The summed E-state index contributed by atoms with van der Waals surface area (Å²) in [4.78, 5) is 23.5. The molecule has 0 heterocycles. The first-order valence-corrected chi connectivity index (χ1v) is 8.41. The third kappa shape index (κ3) is 9.73. The van der Waals surface area contributed by atoms with Crippen molar-refractivity contribution in [1.82, 2.24) is 0 Å². The van der Waals surface area contributed by atoms with Crippen LogP contribution in [0.1, 0.15) is 48.0 Å². The fourth-order valence-electron chi connectivity index (χ4n) is 1.20. The molecule has 0 rings (SSSR count). The number of hydrogen-bond donors (Lipinski definition) is 1. The molecule has 0 fully saturated rings. The van der Waals surface area contributed by atoms with Crippen LogP contribution in [0, 0.1) is 10.8 Å². The Morgan fingerprint density at radius 1 is 0.955 bits per heavy atom. The molecule has 1 unspecified atom stereocenters. The summed E-state index contributed by atoms with van der Waals surface area (Å²) < 4.78 is 41.4. The fourth-order valence-corrected chi connectivity index (χ4v) is 1.86. The van der Waals surface area contributed by atoms with Gasteiger partial charge in [0.2, 0.25) is 0 Å². The van der Waals surface area contributed by atoms with E-state index in [1.165, 1.54) is 0 Å². The van der Waals surface area contributed by atoms with E-state index < -0.39 is 33.7 Å². The molecule has 0 aliphatic rings. The lowest BCUT2D eigenvalue weighted by molar-refractivity contribution is -0.152. The molecule has 8 heteroatoms. The second-order valence-corrected chi connectivity index (χ2v) is 9.20. The predicted molar refractivity (Wildman–Crippen MR) is 80.8 cm³/mol. The quantitative estimate of drug-likeness (QED) is 0.581. The average molecular weight is 338 g/mol. The summed E-state index contributed by atoms with van der Waals surface area (Å²) in [6, 6.07) is 0. The number of rotatable bonds is 6. The molecule has 7 nitrogen and oxygen atoms in total. The molecule has 0 aliphatic carbocycles. The first-order valence-electron chi connectivity index (χ1n) is 6.90. The van der Waals surface area contributed by atoms with Gasteiger partial charge in [-0.15, -0.1) is 0 Å². The van der Waals surface area contributed by atoms with Gasteiger partial charge in [-0.1, -0.05) is 41.5 Å². The normalized spacial score (nSPS) is 14.3. The maximum absolute atomic E-state index is 11.8. The van der Waals surface area contributed by atoms with Gasteiger partial charge >= 0.3 is 11.9 Å². The Kier molecular flexibility index (Phi) is 7.02. The summed E-state index contributed by atoms with van der Waals surface area (Å²) in [5.74, 6) is -2.05. The van der Waals surface area contributed by atoms with E-state index in [0.29, 0.717) is 0 Å². The molecule has 0 saturated heterocycles. The number of esters is 2. The third-order valence-electron chi connectivity index (χ3n) is 2.29. The average Bonchev–Trinajstić information content (AvgIpc) is 2.27. The topological polar surface area (TPSA) is 107 Å². The molecule has 0 spiro atoms. The minimum atomic E-state index is -4.76. The minimum Gasteiger partial charge on any atom is -0.465 e. The number of ether oxygens (including phenoxy) is 2. The fraction of sp³-hybridized carbons (Fsp3) is 0.857. The van der Waals surface area contributed by atoms with Gasteiger partial charge in [0.1, 0.15) is 0 Å². The van der Waals surface area contributed by atoms with Crippen molar-refractivity contribution in [2.45, 2.75) is 53.2 Å². The summed E-state index contributed by atoms with van der Waals surface area (Å²) in [7, 11) is -4.76. The SMILES string of the molecule is CC(C)(C)COC(=O)CC(C(=O)OCC(C)(C)C)S(=O)(=O)O. The van der Waals surface area contributed by atoms with Crippen LogP contribution in [0.3, 0.4) is 0 Å².